The van der Waals surface area contributed by atoms with E-state index in [2.05, 4.69) is 10.3 Å². The van der Waals surface area contributed by atoms with E-state index >= 15 is 0 Å². The van der Waals surface area contributed by atoms with Gasteiger partial charge in [-0.1, -0.05) is 30.3 Å². The topological polar surface area (TPSA) is 121 Å². The molecule has 1 saturated carbocycles. The van der Waals surface area contributed by atoms with Gasteiger partial charge in [0.25, 0.3) is 0 Å². The minimum absolute atomic E-state index is 0. The third-order valence-corrected chi connectivity index (χ3v) is 6.72. The normalized spacial score (nSPS) is 22.1. The van der Waals surface area contributed by atoms with Crippen LogP contribution in [0.15, 0.2) is 53.5 Å². The number of carbonyl (C=O) groups excluding carboxylic acids is 1. The van der Waals surface area contributed by atoms with Gasteiger partial charge in [0.1, 0.15) is 23.9 Å². The Hall–Kier alpha value is -2.98. The van der Waals surface area contributed by atoms with Crippen LogP contribution in [0.2, 0.25) is 0 Å². The SMILES string of the molecule is Cl.O=C(OCc1ccccc1)c1c[nH]c2c(OC(C3CC3)[C@@H]3C[C@@](O)(CO)CN3)c(F)ccc2c1=O. The molecular formula is C26H28ClFN2O6. The predicted molar refractivity (Wildman–Crippen MR) is 133 cm³/mol. The number of rotatable bonds is 8. The number of hydrogen-bond acceptors (Lipinski definition) is 7. The maximum atomic E-state index is 14.9. The molecule has 0 radical (unpaired) electrons. The molecule has 5 rings (SSSR count). The lowest BCUT2D eigenvalue weighted by atomic mass is 9.96. The van der Waals surface area contributed by atoms with Crippen LogP contribution in [-0.2, 0) is 11.3 Å². The number of nitrogens with one attached hydrogen (secondary N) is 2. The van der Waals surface area contributed by atoms with Crippen LogP contribution < -0.4 is 15.5 Å². The second kappa shape index (κ2) is 10.6. The summed E-state index contributed by atoms with van der Waals surface area (Å²) in [6.45, 7) is -0.149. The van der Waals surface area contributed by atoms with Gasteiger partial charge in [-0.3, -0.25) is 4.79 Å². The number of halogens is 2. The van der Waals surface area contributed by atoms with Gasteiger partial charge in [0.05, 0.1) is 17.5 Å². The molecule has 1 saturated heterocycles. The summed E-state index contributed by atoms with van der Waals surface area (Å²) in [5, 5.41) is 23.2. The smallest absolute Gasteiger partial charge is 0.343 e. The number of ether oxygens (including phenoxy) is 2. The maximum Gasteiger partial charge on any atom is 0.343 e. The number of H-pyrrole nitrogens is 1. The highest BCUT2D eigenvalue weighted by molar-refractivity contribution is 5.95. The maximum absolute atomic E-state index is 14.9. The van der Waals surface area contributed by atoms with Gasteiger partial charge in [0, 0.05) is 18.8 Å². The molecule has 3 aromatic rings. The number of β-amino-alcohol motifs (C(OH)–C–C–N with tert-alkyl or cyclic N) is 1. The number of pyridine rings is 1. The summed E-state index contributed by atoms with van der Waals surface area (Å²) in [4.78, 5) is 28.5. The van der Waals surface area contributed by atoms with Crippen LogP contribution in [0.1, 0.15) is 35.2 Å². The van der Waals surface area contributed by atoms with E-state index in [1.807, 2.05) is 18.2 Å². The van der Waals surface area contributed by atoms with Gasteiger partial charge < -0.3 is 30.0 Å². The molecule has 0 amide bonds. The number of aliphatic hydroxyl groups is 2. The number of benzene rings is 2. The molecule has 2 fully saturated rings. The molecule has 36 heavy (non-hydrogen) atoms. The molecule has 0 bridgehead atoms. The molecule has 192 valence electrons. The zero-order chi connectivity index (χ0) is 24.6. The van der Waals surface area contributed by atoms with Gasteiger partial charge in [-0.25, -0.2) is 9.18 Å². The van der Waals surface area contributed by atoms with E-state index in [1.54, 1.807) is 12.1 Å². The van der Waals surface area contributed by atoms with Crippen LogP contribution in [0.4, 0.5) is 4.39 Å². The van der Waals surface area contributed by atoms with Gasteiger partial charge in [0.2, 0.25) is 5.43 Å². The van der Waals surface area contributed by atoms with E-state index in [9.17, 15) is 24.2 Å². The standard InChI is InChI=1S/C26H27FN2O6.ClH/c27-19-9-8-17-21(24(19)35-23(16-6-7-16)20-10-26(33,14-30)13-29-20)28-11-18(22(17)31)25(32)34-12-15-4-2-1-3-5-15;/h1-5,8-9,11,16,20,23,29-30,33H,6-7,10,12-14H2,(H,28,31);1H/t20-,23?,26-;/m0./s1. The minimum atomic E-state index is -1.25. The molecule has 3 atom stereocenters. The fourth-order valence-electron chi connectivity index (χ4n) is 4.61. The van der Waals surface area contributed by atoms with Crippen LogP contribution >= 0.6 is 12.4 Å². The lowest BCUT2D eigenvalue weighted by molar-refractivity contribution is -0.00293. The highest BCUT2D eigenvalue weighted by Crippen LogP contribution is 2.40. The molecule has 2 aromatic carbocycles. The summed E-state index contributed by atoms with van der Waals surface area (Å²) in [6.07, 6.45) is 2.84. The molecule has 10 heteroatoms. The Morgan fingerprint density at radius 2 is 1.94 bits per heavy atom. The lowest BCUT2D eigenvalue weighted by Gasteiger charge is -2.26. The Morgan fingerprint density at radius 1 is 1.19 bits per heavy atom. The molecule has 1 aliphatic heterocycles. The molecule has 2 aliphatic rings. The van der Waals surface area contributed by atoms with E-state index in [0.717, 1.165) is 24.5 Å². The van der Waals surface area contributed by atoms with Gasteiger partial charge in [-0.15, -0.1) is 12.4 Å². The summed E-state index contributed by atoms with van der Waals surface area (Å²) in [5.41, 5.74) is -1.08. The molecule has 8 nitrogen and oxygen atoms in total. The lowest BCUT2D eigenvalue weighted by Crippen LogP contribution is -2.40. The van der Waals surface area contributed by atoms with Crippen molar-refractivity contribution in [2.75, 3.05) is 13.2 Å². The Kier molecular flexibility index (Phi) is 7.65. The fraction of sp³-hybridized carbons (Fsp3) is 0.385. The Bertz CT molecular complexity index is 1300. The minimum Gasteiger partial charge on any atom is -0.483 e. The van der Waals surface area contributed by atoms with Crippen molar-refractivity contribution in [3.05, 3.63) is 75.8 Å². The summed E-state index contributed by atoms with van der Waals surface area (Å²) >= 11 is 0. The summed E-state index contributed by atoms with van der Waals surface area (Å²) in [7, 11) is 0. The molecule has 0 spiro atoms. The average Bonchev–Trinajstić information content (AvgIpc) is 3.64. The van der Waals surface area contributed by atoms with E-state index in [-0.39, 0.29) is 72.8 Å². The third kappa shape index (κ3) is 5.24. The van der Waals surface area contributed by atoms with E-state index in [1.165, 1.54) is 12.3 Å². The van der Waals surface area contributed by atoms with Crippen molar-refractivity contribution in [1.29, 1.82) is 0 Å². The van der Waals surface area contributed by atoms with Crippen LogP contribution in [0, 0.1) is 11.7 Å². The van der Waals surface area contributed by atoms with E-state index in [4.69, 9.17) is 9.47 Å². The quantitative estimate of drug-likeness (QED) is 0.338. The molecule has 2 heterocycles. The first-order valence-corrected chi connectivity index (χ1v) is 11.7. The van der Waals surface area contributed by atoms with Crippen LogP contribution in [-0.4, -0.2) is 52.1 Å². The number of aliphatic hydroxyl groups excluding tert-OH is 1. The highest BCUT2D eigenvalue weighted by Gasteiger charge is 2.46. The molecule has 4 N–H and O–H groups in total. The highest BCUT2D eigenvalue weighted by atomic mass is 35.5. The number of carbonyl (C=O) groups is 1. The van der Waals surface area contributed by atoms with Crippen molar-refractivity contribution in [3.63, 3.8) is 0 Å². The predicted octanol–water partition coefficient (Wildman–Crippen LogP) is 2.69. The zero-order valence-electron chi connectivity index (χ0n) is 19.4. The Labute approximate surface area is 212 Å². The van der Waals surface area contributed by atoms with Crippen molar-refractivity contribution in [2.24, 2.45) is 5.92 Å². The first-order valence-electron chi connectivity index (χ1n) is 11.7. The zero-order valence-corrected chi connectivity index (χ0v) is 20.2. The van der Waals surface area contributed by atoms with Crippen LogP contribution in [0.25, 0.3) is 10.9 Å². The fourth-order valence-corrected chi connectivity index (χ4v) is 4.61. The van der Waals surface area contributed by atoms with Gasteiger partial charge in [0.15, 0.2) is 11.6 Å². The van der Waals surface area contributed by atoms with Crippen LogP contribution in [0.3, 0.4) is 0 Å². The first-order chi connectivity index (χ1) is 16.9. The Balaban J connectivity index is 0.00000304. The number of aromatic nitrogens is 1. The largest absolute Gasteiger partial charge is 0.483 e. The van der Waals surface area contributed by atoms with Gasteiger partial charge >= 0.3 is 5.97 Å². The van der Waals surface area contributed by atoms with Crippen molar-refractivity contribution < 1.29 is 28.9 Å². The number of fused-ring (bicyclic) bond motifs is 1. The number of aromatic amines is 1. The van der Waals surface area contributed by atoms with Crippen LogP contribution in [0.5, 0.6) is 5.75 Å². The van der Waals surface area contributed by atoms with E-state index < -0.39 is 28.9 Å². The van der Waals surface area contributed by atoms with Crippen molar-refractivity contribution in [1.82, 2.24) is 10.3 Å². The molecule has 1 unspecified atom stereocenters. The van der Waals surface area contributed by atoms with Gasteiger partial charge in [-0.2, -0.15) is 0 Å². The molecule has 1 aromatic heterocycles. The average molecular weight is 519 g/mol. The second-order valence-electron chi connectivity index (χ2n) is 9.39. The first kappa shape index (κ1) is 26.1. The second-order valence-corrected chi connectivity index (χ2v) is 9.39. The summed E-state index contributed by atoms with van der Waals surface area (Å²) < 4.78 is 26.4. The number of esters is 1. The Morgan fingerprint density at radius 3 is 2.61 bits per heavy atom. The van der Waals surface area contributed by atoms with Crippen molar-refractivity contribution >= 4 is 29.3 Å². The van der Waals surface area contributed by atoms with Crippen molar-refractivity contribution in [2.45, 2.75) is 43.6 Å². The molecular weight excluding hydrogens is 491 g/mol. The van der Waals surface area contributed by atoms with Gasteiger partial charge in [-0.05, 0) is 42.9 Å². The van der Waals surface area contributed by atoms with E-state index in [0.29, 0.717) is 0 Å². The number of hydrogen-bond donors (Lipinski definition) is 4. The third-order valence-electron chi connectivity index (χ3n) is 6.72. The van der Waals surface area contributed by atoms with Crippen molar-refractivity contribution in [3.8, 4) is 5.75 Å². The monoisotopic (exact) mass is 518 g/mol. The molecule has 1 aliphatic carbocycles. The summed E-state index contributed by atoms with van der Waals surface area (Å²) in [6, 6.07) is 11.3. The summed E-state index contributed by atoms with van der Waals surface area (Å²) in [5.74, 6) is -1.36.